The van der Waals surface area contributed by atoms with Crippen LogP contribution in [-0.2, 0) is 21.0 Å². The third kappa shape index (κ3) is 9.43. The summed E-state index contributed by atoms with van der Waals surface area (Å²) < 4.78 is 5.80. The molecule has 0 aromatic heterocycles. The number of rotatable bonds is 13. The number of carbonyl (C=O) groups excluding carboxylic acids is 3. The first-order valence-electron chi connectivity index (χ1n) is 15.9. The van der Waals surface area contributed by atoms with E-state index in [1.54, 1.807) is 67.6 Å². The first-order valence-corrected chi connectivity index (χ1v) is 16.9. The molecule has 0 fully saturated rings. The Bertz CT molecular complexity index is 1980. The number of hydrogen-bond donors (Lipinski definition) is 1. The first-order chi connectivity index (χ1) is 24.8. The summed E-state index contributed by atoms with van der Waals surface area (Å²) in [5.41, 5.74) is 3.44. The second-order valence-electron chi connectivity index (χ2n) is 11.1. The molecule has 1 aliphatic heterocycles. The van der Waals surface area contributed by atoms with E-state index >= 15 is 0 Å². The predicted octanol–water partition coefficient (Wildman–Crippen LogP) is 7.57. The quantitative estimate of drug-likeness (QED) is 0.0501. The summed E-state index contributed by atoms with van der Waals surface area (Å²) in [7, 11) is 0. The van der Waals surface area contributed by atoms with Gasteiger partial charge in [-0.3, -0.25) is 29.4 Å². The predicted molar refractivity (Wildman–Crippen MR) is 200 cm³/mol. The molecule has 256 valence electrons. The Kier molecular flexibility index (Phi) is 12.2. The molecule has 1 heterocycles. The molecule has 0 spiro atoms. The summed E-state index contributed by atoms with van der Waals surface area (Å²) in [6.45, 7) is 5.66. The van der Waals surface area contributed by atoms with Gasteiger partial charge in [0.05, 0.1) is 16.7 Å². The van der Waals surface area contributed by atoms with Crippen molar-refractivity contribution in [2.45, 2.75) is 19.6 Å². The van der Waals surface area contributed by atoms with Gasteiger partial charge in [-0.05, 0) is 65.6 Å². The topological polar surface area (TPSA) is 131 Å². The van der Waals surface area contributed by atoms with E-state index in [1.807, 2.05) is 60.7 Å². The van der Waals surface area contributed by atoms with E-state index in [-0.39, 0.29) is 34.7 Å². The summed E-state index contributed by atoms with van der Waals surface area (Å²) in [5.74, 6) is -1.20. The molecule has 10 nitrogen and oxygen atoms in total. The second kappa shape index (κ2) is 17.4. The molecule has 0 radical (unpaired) electrons. The average molecular weight is 699 g/mol. The number of nitrogens with zero attached hydrogens (tertiary/aromatic N) is 3. The van der Waals surface area contributed by atoms with Crippen molar-refractivity contribution in [3.8, 4) is 5.75 Å². The Balaban J connectivity index is 1.33. The van der Waals surface area contributed by atoms with Gasteiger partial charge in [-0.15, -0.1) is 0 Å². The molecule has 4 aromatic carbocycles. The lowest BCUT2D eigenvalue weighted by atomic mass is 9.99. The van der Waals surface area contributed by atoms with Gasteiger partial charge in [-0.25, -0.2) is 0 Å². The van der Waals surface area contributed by atoms with Gasteiger partial charge in [0.15, 0.2) is 5.17 Å². The maximum absolute atomic E-state index is 14.0. The van der Waals surface area contributed by atoms with Crippen molar-refractivity contribution in [2.75, 3.05) is 5.75 Å². The lowest BCUT2D eigenvalue weighted by Gasteiger charge is -2.28. The van der Waals surface area contributed by atoms with Crippen LogP contribution in [0.25, 0.3) is 6.08 Å². The maximum Gasteiger partial charge on any atom is 0.285 e. The van der Waals surface area contributed by atoms with E-state index in [0.717, 1.165) is 28.5 Å². The molecule has 3 amide bonds. The molecule has 0 aliphatic carbocycles. The number of hydrogen-bond acceptors (Lipinski definition) is 7. The molecule has 0 saturated heterocycles. The van der Waals surface area contributed by atoms with Gasteiger partial charge in [0.1, 0.15) is 17.9 Å². The van der Waals surface area contributed by atoms with Crippen molar-refractivity contribution in [3.63, 3.8) is 0 Å². The van der Waals surface area contributed by atoms with Crippen LogP contribution in [0, 0.1) is 10.1 Å². The number of nitro benzene ring substituents is 1. The molecule has 4 aromatic rings. The van der Waals surface area contributed by atoms with Gasteiger partial charge in [0.2, 0.25) is 5.91 Å². The van der Waals surface area contributed by atoms with Crippen LogP contribution in [0.1, 0.15) is 35.2 Å². The summed E-state index contributed by atoms with van der Waals surface area (Å²) >= 11 is 0.991. The van der Waals surface area contributed by atoms with Crippen LogP contribution in [0.2, 0.25) is 0 Å². The number of carbonyl (C=O) groups is 3. The standard InChI is InChI=1S/C40H34N4O6S/c1-3-5-16-32(4-2)43-39(47)35(25-28-19-23-34(24-20-28)50-26-29-17-21-33(22-18-29)44(48)49)38(46)42-40(43)51-27-36(45)41-37(30-12-8-6-9-13-30)31-14-10-7-11-15-31/h3-25,37H,1,26-27H2,2H3,(H,41,45)/b16-5-,32-4+,35-25+. The molecular formula is C40H34N4O6S. The summed E-state index contributed by atoms with van der Waals surface area (Å²) in [6, 6.07) is 31.7. The number of benzene rings is 4. The minimum atomic E-state index is -0.729. The van der Waals surface area contributed by atoms with E-state index in [2.05, 4.69) is 16.9 Å². The Labute approximate surface area is 299 Å². The van der Waals surface area contributed by atoms with Crippen molar-refractivity contribution in [1.82, 2.24) is 10.2 Å². The number of aliphatic imine (C=N–C) groups is 1. The Morgan fingerprint density at radius 3 is 2.16 bits per heavy atom. The maximum atomic E-state index is 14.0. The number of amides is 3. The van der Waals surface area contributed by atoms with Crippen LogP contribution in [0.4, 0.5) is 5.69 Å². The van der Waals surface area contributed by atoms with Crippen LogP contribution in [0.15, 0.2) is 156 Å². The minimum absolute atomic E-state index is 0.00357. The first kappa shape index (κ1) is 36.0. The molecule has 5 rings (SSSR count). The van der Waals surface area contributed by atoms with Crippen molar-refractivity contribution in [3.05, 3.63) is 184 Å². The van der Waals surface area contributed by atoms with Crippen LogP contribution >= 0.6 is 11.8 Å². The molecule has 1 N–H and O–H groups in total. The minimum Gasteiger partial charge on any atom is -0.489 e. The van der Waals surface area contributed by atoms with E-state index < -0.39 is 22.8 Å². The van der Waals surface area contributed by atoms with Crippen LogP contribution in [0.5, 0.6) is 5.75 Å². The Morgan fingerprint density at radius 1 is 0.961 bits per heavy atom. The smallest absolute Gasteiger partial charge is 0.285 e. The van der Waals surface area contributed by atoms with E-state index in [0.29, 0.717) is 17.0 Å². The lowest BCUT2D eigenvalue weighted by molar-refractivity contribution is -0.384. The highest BCUT2D eigenvalue weighted by Gasteiger charge is 2.35. The molecule has 0 bridgehead atoms. The fourth-order valence-electron chi connectivity index (χ4n) is 5.10. The number of ether oxygens (including phenoxy) is 1. The average Bonchev–Trinajstić information content (AvgIpc) is 3.16. The van der Waals surface area contributed by atoms with Crippen LogP contribution < -0.4 is 10.1 Å². The lowest BCUT2D eigenvalue weighted by Crippen LogP contribution is -2.42. The van der Waals surface area contributed by atoms with Gasteiger partial charge in [0.25, 0.3) is 17.5 Å². The zero-order valence-electron chi connectivity index (χ0n) is 27.7. The molecule has 0 atom stereocenters. The van der Waals surface area contributed by atoms with E-state index in [4.69, 9.17) is 4.74 Å². The van der Waals surface area contributed by atoms with Gasteiger partial charge in [-0.2, -0.15) is 4.99 Å². The number of nitrogens with one attached hydrogen (secondary N) is 1. The van der Waals surface area contributed by atoms with Crippen molar-refractivity contribution in [1.29, 1.82) is 0 Å². The Hall–Kier alpha value is -6.33. The zero-order valence-corrected chi connectivity index (χ0v) is 28.5. The molecule has 0 unspecified atom stereocenters. The largest absolute Gasteiger partial charge is 0.489 e. The highest BCUT2D eigenvalue weighted by Crippen LogP contribution is 2.28. The van der Waals surface area contributed by atoms with Gasteiger partial charge >= 0.3 is 0 Å². The highest BCUT2D eigenvalue weighted by atomic mass is 32.2. The molecular weight excluding hydrogens is 665 g/mol. The van der Waals surface area contributed by atoms with Crippen molar-refractivity contribution >= 4 is 46.4 Å². The second-order valence-corrected chi connectivity index (χ2v) is 12.0. The number of amidine groups is 1. The normalized spacial score (nSPS) is 14.2. The van der Waals surface area contributed by atoms with E-state index in [9.17, 15) is 24.5 Å². The molecule has 11 heteroatoms. The third-order valence-electron chi connectivity index (χ3n) is 7.66. The summed E-state index contributed by atoms with van der Waals surface area (Å²) in [4.78, 5) is 56.7. The fraction of sp³-hybridized carbons (Fsp3) is 0.100. The number of nitro groups is 1. The van der Waals surface area contributed by atoms with Crippen molar-refractivity contribution < 1.29 is 24.0 Å². The number of non-ortho nitro benzene ring substituents is 1. The van der Waals surface area contributed by atoms with Crippen LogP contribution in [-0.4, -0.2) is 38.5 Å². The SMILES string of the molecule is C=C/C=C\C(=C/C)N1C(=O)/C(=C/c2ccc(OCc3ccc([N+](=O)[O-])cc3)cc2)C(=O)N=C1SCC(=O)NC(c1ccccc1)c1ccccc1. The van der Waals surface area contributed by atoms with Gasteiger partial charge in [-0.1, -0.05) is 109 Å². The summed E-state index contributed by atoms with van der Waals surface area (Å²) in [6.07, 6.45) is 8.07. The fourth-order valence-corrected chi connectivity index (χ4v) is 5.91. The molecule has 0 saturated carbocycles. The van der Waals surface area contributed by atoms with Gasteiger partial charge < -0.3 is 10.1 Å². The monoisotopic (exact) mass is 698 g/mol. The van der Waals surface area contributed by atoms with E-state index in [1.165, 1.54) is 23.1 Å². The summed E-state index contributed by atoms with van der Waals surface area (Å²) in [5, 5.41) is 14.1. The third-order valence-corrected chi connectivity index (χ3v) is 8.60. The Morgan fingerprint density at radius 2 is 1.59 bits per heavy atom. The van der Waals surface area contributed by atoms with Gasteiger partial charge in [0, 0.05) is 17.8 Å². The zero-order chi connectivity index (χ0) is 36.2. The van der Waals surface area contributed by atoms with Crippen molar-refractivity contribution in [2.24, 2.45) is 4.99 Å². The highest BCUT2D eigenvalue weighted by molar-refractivity contribution is 8.14. The molecule has 1 aliphatic rings. The number of allylic oxidation sites excluding steroid dienone is 4. The van der Waals surface area contributed by atoms with Crippen LogP contribution in [0.3, 0.4) is 0 Å². The number of thioether (sulfide) groups is 1. The molecule has 51 heavy (non-hydrogen) atoms.